The van der Waals surface area contributed by atoms with E-state index in [0.717, 1.165) is 35.5 Å². The Morgan fingerprint density at radius 2 is 1.92 bits per heavy atom. The van der Waals surface area contributed by atoms with Crippen LogP contribution in [0.3, 0.4) is 0 Å². The minimum atomic E-state index is -0.848. The molecule has 0 aromatic carbocycles. The molecule has 3 rings (SSSR count). The Hall–Kier alpha value is -1.89. The van der Waals surface area contributed by atoms with Crippen molar-refractivity contribution in [3.8, 4) is 0 Å². The number of hydrogen-bond acceptors (Lipinski definition) is 4. The van der Waals surface area contributed by atoms with Crippen LogP contribution >= 0.6 is 11.3 Å². The van der Waals surface area contributed by atoms with E-state index in [2.05, 4.69) is 23.6 Å². The lowest BCUT2D eigenvalue weighted by molar-refractivity contribution is -0.139. The van der Waals surface area contributed by atoms with Gasteiger partial charge in [-0.3, -0.25) is 14.5 Å². The summed E-state index contributed by atoms with van der Waals surface area (Å²) in [5.74, 6) is -0.404. The predicted molar refractivity (Wildman–Crippen MR) is 101 cm³/mol. The monoisotopic (exact) mass is 377 g/mol. The summed E-state index contributed by atoms with van der Waals surface area (Å²) in [6.45, 7) is 6.32. The van der Waals surface area contributed by atoms with E-state index < -0.39 is 11.6 Å². The first-order valence-corrected chi connectivity index (χ1v) is 10.2. The van der Waals surface area contributed by atoms with Crippen molar-refractivity contribution in [1.29, 1.82) is 0 Å². The number of rotatable bonds is 5. The molecule has 1 aliphatic heterocycles. The molecule has 0 radical (unpaired) electrons. The molecule has 4 amide bonds. The van der Waals surface area contributed by atoms with Gasteiger partial charge in [0.2, 0.25) is 5.91 Å². The van der Waals surface area contributed by atoms with Gasteiger partial charge in [0.05, 0.1) is 6.54 Å². The van der Waals surface area contributed by atoms with Crippen LogP contribution in [0.5, 0.6) is 0 Å². The van der Waals surface area contributed by atoms with Crippen molar-refractivity contribution >= 4 is 29.2 Å². The zero-order chi connectivity index (χ0) is 18.9. The third kappa shape index (κ3) is 3.24. The highest BCUT2D eigenvalue weighted by Gasteiger charge is 2.58. The number of urea groups is 1. The lowest BCUT2D eigenvalue weighted by Gasteiger charge is -2.42. The number of nitrogens with zero attached hydrogens (tertiary/aromatic N) is 1. The summed E-state index contributed by atoms with van der Waals surface area (Å²) in [5.41, 5.74) is -0.848. The van der Waals surface area contributed by atoms with Crippen molar-refractivity contribution in [2.24, 2.45) is 11.8 Å². The Bertz CT molecular complexity index is 705. The van der Waals surface area contributed by atoms with Gasteiger partial charge >= 0.3 is 6.03 Å². The molecule has 7 heteroatoms. The highest BCUT2D eigenvalue weighted by Crippen LogP contribution is 2.42. The molecule has 0 bridgehead atoms. The minimum absolute atomic E-state index is 0.0781. The van der Waals surface area contributed by atoms with Crippen molar-refractivity contribution in [3.05, 3.63) is 21.9 Å². The molecular formula is C19H27N3O3S. The molecule has 2 atom stereocenters. The molecule has 26 heavy (non-hydrogen) atoms. The fourth-order valence-corrected chi connectivity index (χ4v) is 5.09. The van der Waals surface area contributed by atoms with E-state index in [4.69, 9.17) is 0 Å². The van der Waals surface area contributed by atoms with Crippen molar-refractivity contribution in [2.75, 3.05) is 6.54 Å². The Kier molecular flexibility index (Phi) is 5.37. The summed E-state index contributed by atoms with van der Waals surface area (Å²) in [7, 11) is 0. The first kappa shape index (κ1) is 18.9. The van der Waals surface area contributed by atoms with Crippen LogP contribution in [0.4, 0.5) is 4.79 Å². The maximum absolute atomic E-state index is 13.0. The first-order chi connectivity index (χ1) is 12.4. The first-order valence-electron chi connectivity index (χ1n) is 9.36. The van der Waals surface area contributed by atoms with Gasteiger partial charge in [0.25, 0.3) is 5.91 Å². The number of imide groups is 1. The van der Waals surface area contributed by atoms with Crippen molar-refractivity contribution < 1.29 is 14.4 Å². The molecule has 2 fully saturated rings. The van der Waals surface area contributed by atoms with Gasteiger partial charge in [-0.15, -0.1) is 11.3 Å². The minimum Gasteiger partial charge on any atom is -0.350 e. The van der Waals surface area contributed by atoms with Crippen LogP contribution < -0.4 is 10.6 Å². The molecule has 1 aromatic heterocycles. The van der Waals surface area contributed by atoms with Crippen LogP contribution in [0.25, 0.3) is 0 Å². The van der Waals surface area contributed by atoms with Crippen LogP contribution in [0.1, 0.15) is 49.8 Å². The van der Waals surface area contributed by atoms with Gasteiger partial charge in [0.1, 0.15) is 12.1 Å². The fourth-order valence-electron chi connectivity index (χ4n) is 4.19. The third-order valence-electron chi connectivity index (χ3n) is 5.81. The van der Waals surface area contributed by atoms with E-state index in [1.165, 1.54) is 4.88 Å². The third-order valence-corrected chi connectivity index (χ3v) is 7.04. The van der Waals surface area contributed by atoms with Gasteiger partial charge in [-0.1, -0.05) is 27.2 Å². The van der Waals surface area contributed by atoms with Gasteiger partial charge < -0.3 is 10.6 Å². The highest BCUT2D eigenvalue weighted by atomic mass is 32.1. The van der Waals surface area contributed by atoms with E-state index in [1.54, 1.807) is 11.3 Å². The van der Waals surface area contributed by atoms with Gasteiger partial charge in [0.15, 0.2) is 0 Å². The Labute approximate surface area is 158 Å². The van der Waals surface area contributed by atoms with Gasteiger partial charge in [-0.05, 0) is 43.2 Å². The zero-order valence-electron chi connectivity index (χ0n) is 15.6. The Balaban J connectivity index is 1.63. The lowest BCUT2D eigenvalue weighted by Crippen LogP contribution is -2.59. The summed E-state index contributed by atoms with van der Waals surface area (Å²) < 4.78 is 0. The van der Waals surface area contributed by atoms with E-state index in [-0.39, 0.29) is 30.2 Å². The summed E-state index contributed by atoms with van der Waals surface area (Å²) in [4.78, 5) is 41.2. The average molecular weight is 378 g/mol. The topological polar surface area (TPSA) is 78.5 Å². The van der Waals surface area contributed by atoms with E-state index in [9.17, 15) is 14.4 Å². The number of hydrogen-bond donors (Lipinski definition) is 2. The number of carbonyl (C=O) groups excluding carboxylic acids is 3. The molecule has 2 heterocycles. The SMILES string of the molecule is CCc1ccc(CNC(=O)CN2C(=O)NC3(C2=O)C(C)CCCC3C)s1. The second-order valence-corrected chi connectivity index (χ2v) is 8.67. The van der Waals surface area contributed by atoms with Gasteiger partial charge in [-0.25, -0.2) is 4.79 Å². The largest absolute Gasteiger partial charge is 0.350 e. The van der Waals surface area contributed by atoms with Crippen LogP contribution in [0, 0.1) is 11.8 Å². The standard InChI is InChI=1S/C19H27N3O3S/c1-4-14-8-9-15(26-14)10-20-16(23)11-22-17(24)19(21-18(22)25)12(2)6-5-7-13(19)3/h8-9,12-13H,4-7,10-11H2,1-3H3,(H,20,23)(H,21,25). The number of carbonyl (C=O) groups is 3. The molecule has 2 unspecified atom stereocenters. The zero-order valence-corrected chi connectivity index (χ0v) is 16.4. The second kappa shape index (κ2) is 7.39. The molecule has 1 aromatic rings. The predicted octanol–water partition coefficient (Wildman–Crippen LogP) is 2.67. The normalized spacial score (nSPS) is 28.5. The summed E-state index contributed by atoms with van der Waals surface area (Å²) in [6.07, 6.45) is 3.86. The van der Waals surface area contributed by atoms with Crippen LogP contribution in [0.2, 0.25) is 0 Å². The highest BCUT2D eigenvalue weighted by molar-refractivity contribution is 7.11. The maximum atomic E-state index is 13.0. The van der Waals surface area contributed by atoms with Crippen molar-refractivity contribution in [2.45, 2.75) is 58.5 Å². The summed E-state index contributed by atoms with van der Waals surface area (Å²) in [5, 5.41) is 5.73. The number of thiophene rings is 1. The Morgan fingerprint density at radius 3 is 2.54 bits per heavy atom. The van der Waals surface area contributed by atoms with Crippen molar-refractivity contribution in [3.63, 3.8) is 0 Å². The molecular weight excluding hydrogens is 350 g/mol. The van der Waals surface area contributed by atoms with E-state index in [0.29, 0.717) is 6.54 Å². The molecule has 1 saturated heterocycles. The molecule has 142 valence electrons. The molecule has 2 aliphatic rings. The second-order valence-electron chi connectivity index (χ2n) is 7.42. The number of aryl methyl sites for hydroxylation is 1. The fraction of sp³-hybridized carbons (Fsp3) is 0.632. The quantitative estimate of drug-likeness (QED) is 0.775. The molecule has 1 saturated carbocycles. The lowest BCUT2D eigenvalue weighted by atomic mass is 9.67. The molecule has 1 spiro atoms. The van der Waals surface area contributed by atoms with Gasteiger partial charge in [0, 0.05) is 9.75 Å². The molecule has 1 aliphatic carbocycles. The maximum Gasteiger partial charge on any atom is 0.325 e. The van der Waals surface area contributed by atoms with Crippen LogP contribution in [-0.4, -0.2) is 34.8 Å². The number of amides is 4. The average Bonchev–Trinajstić information content (AvgIpc) is 3.17. The summed E-state index contributed by atoms with van der Waals surface area (Å²) >= 11 is 1.66. The Morgan fingerprint density at radius 1 is 1.27 bits per heavy atom. The van der Waals surface area contributed by atoms with Crippen LogP contribution in [-0.2, 0) is 22.6 Å². The van der Waals surface area contributed by atoms with Crippen LogP contribution in [0.15, 0.2) is 12.1 Å². The molecule has 2 N–H and O–H groups in total. The van der Waals surface area contributed by atoms with Gasteiger partial charge in [-0.2, -0.15) is 0 Å². The summed E-state index contributed by atoms with van der Waals surface area (Å²) in [6, 6.07) is 3.60. The van der Waals surface area contributed by atoms with E-state index >= 15 is 0 Å². The number of nitrogens with one attached hydrogen (secondary N) is 2. The van der Waals surface area contributed by atoms with E-state index in [1.807, 2.05) is 19.9 Å². The van der Waals surface area contributed by atoms with Crippen molar-refractivity contribution in [1.82, 2.24) is 15.5 Å². The smallest absolute Gasteiger partial charge is 0.325 e. The molecule has 6 nitrogen and oxygen atoms in total.